The van der Waals surface area contributed by atoms with Crippen LogP contribution in [-0.2, 0) is 0 Å². The summed E-state index contributed by atoms with van der Waals surface area (Å²) >= 11 is 5.90. The van der Waals surface area contributed by atoms with Crippen molar-refractivity contribution in [2.45, 2.75) is 0 Å². The Bertz CT molecular complexity index is 910. The number of methoxy groups -OCH3 is 1. The number of halogens is 1. The van der Waals surface area contributed by atoms with E-state index >= 15 is 0 Å². The molecule has 0 unspecified atom stereocenters. The summed E-state index contributed by atoms with van der Waals surface area (Å²) < 4.78 is 11.0. The second-order valence-corrected chi connectivity index (χ2v) is 5.17. The fraction of sp³-hybridized carbons (Fsp3) is 0.0556. The zero-order valence-corrected chi connectivity index (χ0v) is 12.6. The van der Waals surface area contributed by atoms with Crippen molar-refractivity contribution in [1.82, 2.24) is 0 Å². The molecule has 22 heavy (non-hydrogen) atoms. The van der Waals surface area contributed by atoms with Crippen LogP contribution < -0.4 is 10.2 Å². The Kier molecular flexibility index (Phi) is 3.98. The van der Waals surface area contributed by atoms with E-state index in [2.05, 4.69) is 0 Å². The Labute approximate surface area is 132 Å². The first-order valence-electron chi connectivity index (χ1n) is 6.72. The van der Waals surface area contributed by atoms with Gasteiger partial charge in [0.1, 0.15) is 17.1 Å². The van der Waals surface area contributed by atoms with Crippen molar-refractivity contribution in [2.24, 2.45) is 0 Å². The Morgan fingerprint density at radius 3 is 2.73 bits per heavy atom. The molecule has 2 aromatic carbocycles. The van der Waals surface area contributed by atoms with Crippen molar-refractivity contribution in [2.75, 3.05) is 7.11 Å². The lowest BCUT2D eigenvalue weighted by Crippen LogP contribution is -1.99. The molecule has 0 saturated heterocycles. The van der Waals surface area contributed by atoms with Gasteiger partial charge in [-0.25, -0.2) is 0 Å². The van der Waals surface area contributed by atoms with E-state index in [0.29, 0.717) is 21.8 Å². The van der Waals surface area contributed by atoms with E-state index in [0.717, 1.165) is 11.3 Å². The molecule has 0 amide bonds. The number of fused-ring (bicyclic) bond motifs is 1. The van der Waals surface area contributed by atoms with Gasteiger partial charge in [0.15, 0.2) is 5.43 Å². The average molecular weight is 313 g/mol. The third-order valence-electron chi connectivity index (χ3n) is 3.27. The normalized spacial score (nSPS) is 11.2. The van der Waals surface area contributed by atoms with Crippen LogP contribution in [0.5, 0.6) is 5.75 Å². The van der Waals surface area contributed by atoms with Gasteiger partial charge in [-0.1, -0.05) is 29.8 Å². The topological polar surface area (TPSA) is 39.4 Å². The summed E-state index contributed by atoms with van der Waals surface area (Å²) in [5, 5.41) is 0.985. The zero-order valence-electron chi connectivity index (χ0n) is 11.9. The highest BCUT2D eigenvalue weighted by Gasteiger charge is 2.04. The summed E-state index contributed by atoms with van der Waals surface area (Å²) in [6.07, 6.45) is 3.59. The minimum Gasteiger partial charge on any atom is -0.496 e. The van der Waals surface area contributed by atoms with E-state index < -0.39 is 0 Å². The molecular formula is C18H13ClO3. The monoisotopic (exact) mass is 312 g/mol. The average Bonchev–Trinajstić information content (AvgIpc) is 2.54. The van der Waals surface area contributed by atoms with Crippen molar-refractivity contribution in [3.63, 3.8) is 0 Å². The molecule has 0 bridgehead atoms. The van der Waals surface area contributed by atoms with Gasteiger partial charge in [0.25, 0.3) is 0 Å². The molecule has 0 radical (unpaired) electrons. The molecule has 1 heterocycles. The standard InChI is InChI=1S/C18H13ClO3/c1-21-17-5-3-2-4-12(17)6-8-14-11-16(20)15-10-13(19)7-9-18(15)22-14/h2-11H,1H3/b8-6+. The number of rotatable bonds is 3. The van der Waals surface area contributed by atoms with Gasteiger partial charge in [0.2, 0.25) is 0 Å². The maximum Gasteiger partial charge on any atom is 0.193 e. The predicted octanol–water partition coefficient (Wildman–Crippen LogP) is 4.63. The van der Waals surface area contributed by atoms with Crippen LogP contribution in [0.1, 0.15) is 11.3 Å². The number of hydrogen-bond donors (Lipinski definition) is 0. The van der Waals surface area contributed by atoms with Crippen molar-refractivity contribution < 1.29 is 9.15 Å². The Hall–Kier alpha value is -2.52. The van der Waals surface area contributed by atoms with Crippen molar-refractivity contribution in [1.29, 1.82) is 0 Å². The molecule has 0 spiro atoms. The zero-order chi connectivity index (χ0) is 15.5. The molecule has 0 aliphatic heterocycles. The third-order valence-corrected chi connectivity index (χ3v) is 3.51. The first-order valence-corrected chi connectivity index (χ1v) is 7.10. The Morgan fingerprint density at radius 1 is 1.09 bits per heavy atom. The van der Waals surface area contributed by atoms with Gasteiger partial charge in [-0.3, -0.25) is 4.79 Å². The summed E-state index contributed by atoms with van der Waals surface area (Å²) in [6.45, 7) is 0. The second-order valence-electron chi connectivity index (χ2n) is 4.73. The van der Waals surface area contributed by atoms with Gasteiger partial charge in [0, 0.05) is 16.7 Å². The van der Waals surface area contributed by atoms with E-state index in [1.807, 2.05) is 30.3 Å². The maximum atomic E-state index is 12.1. The van der Waals surface area contributed by atoms with Crippen LogP contribution in [0.15, 0.2) is 57.7 Å². The Balaban J connectivity index is 2.02. The maximum absolute atomic E-state index is 12.1. The summed E-state index contributed by atoms with van der Waals surface area (Å²) in [5.74, 6) is 1.24. The molecule has 0 saturated carbocycles. The van der Waals surface area contributed by atoms with Crippen molar-refractivity contribution in [3.8, 4) is 5.75 Å². The summed E-state index contributed by atoms with van der Waals surface area (Å²) in [5.41, 5.74) is 1.30. The van der Waals surface area contributed by atoms with Gasteiger partial charge < -0.3 is 9.15 Å². The highest BCUT2D eigenvalue weighted by atomic mass is 35.5. The lowest BCUT2D eigenvalue weighted by Gasteiger charge is -2.03. The van der Waals surface area contributed by atoms with Crippen molar-refractivity contribution >= 4 is 34.7 Å². The minimum absolute atomic E-state index is 0.122. The van der Waals surface area contributed by atoms with E-state index in [-0.39, 0.29) is 5.43 Å². The van der Waals surface area contributed by atoms with Gasteiger partial charge in [-0.15, -0.1) is 0 Å². The first-order chi connectivity index (χ1) is 10.7. The van der Waals surface area contributed by atoms with Gasteiger partial charge >= 0.3 is 0 Å². The van der Waals surface area contributed by atoms with Crippen molar-refractivity contribution in [3.05, 3.63) is 75.1 Å². The molecule has 3 nitrogen and oxygen atoms in total. The van der Waals surface area contributed by atoms with E-state index in [1.165, 1.54) is 6.07 Å². The molecule has 0 N–H and O–H groups in total. The molecule has 4 heteroatoms. The lowest BCUT2D eigenvalue weighted by atomic mass is 10.1. The minimum atomic E-state index is -0.122. The van der Waals surface area contributed by atoms with Crippen LogP contribution in [0, 0.1) is 0 Å². The molecule has 3 rings (SSSR count). The molecule has 0 aliphatic rings. The number of benzene rings is 2. The van der Waals surface area contributed by atoms with Crippen LogP contribution in [0.3, 0.4) is 0 Å². The molecule has 3 aromatic rings. The second kappa shape index (κ2) is 6.08. The van der Waals surface area contributed by atoms with Crippen LogP contribution >= 0.6 is 11.6 Å². The quantitative estimate of drug-likeness (QED) is 0.708. The van der Waals surface area contributed by atoms with Crippen LogP contribution in [0.25, 0.3) is 23.1 Å². The lowest BCUT2D eigenvalue weighted by molar-refractivity contribution is 0.414. The van der Waals surface area contributed by atoms with Crippen LogP contribution in [0.2, 0.25) is 5.02 Å². The first kappa shape index (κ1) is 14.4. The van der Waals surface area contributed by atoms with Gasteiger partial charge in [-0.2, -0.15) is 0 Å². The summed E-state index contributed by atoms with van der Waals surface area (Å²) in [6, 6.07) is 14.1. The van der Waals surface area contributed by atoms with Crippen LogP contribution in [-0.4, -0.2) is 7.11 Å². The Morgan fingerprint density at radius 2 is 1.91 bits per heavy atom. The molecule has 0 aliphatic carbocycles. The third kappa shape index (κ3) is 2.90. The smallest absolute Gasteiger partial charge is 0.193 e. The fourth-order valence-corrected chi connectivity index (χ4v) is 2.38. The van der Waals surface area contributed by atoms with E-state index in [1.54, 1.807) is 31.4 Å². The SMILES string of the molecule is COc1ccccc1/C=C/c1cc(=O)c2cc(Cl)ccc2o1. The van der Waals surface area contributed by atoms with E-state index in [9.17, 15) is 4.79 Å². The number of hydrogen-bond acceptors (Lipinski definition) is 3. The van der Waals surface area contributed by atoms with Gasteiger partial charge in [-0.05, 0) is 36.4 Å². The highest BCUT2D eigenvalue weighted by Crippen LogP contribution is 2.21. The molecule has 0 atom stereocenters. The number of ether oxygens (including phenoxy) is 1. The predicted molar refractivity (Wildman–Crippen MR) is 89.4 cm³/mol. The summed E-state index contributed by atoms with van der Waals surface area (Å²) in [4.78, 5) is 12.1. The molecule has 0 fully saturated rings. The number of para-hydroxylation sites is 1. The highest BCUT2D eigenvalue weighted by molar-refractivity contribution is 6.31. The molecule has 1 aromatic heterocycles. The largest absolute Gasteiger partial charge is 0.496 e. The van der Waals surface area contributed by atoms with Gasteiger partial charge in [0.05, 0.1) is 12.5 Å². The summed E-state index contributed by atoms with van der Waals surface area (Å²) in [7, 11) is 1.62. The van der Waals surface area contributed by atoms with E-state index in [4.69, 9.17) is 20.8 Å². The fourth-order valence-electron chi connectivity index (χ4n) is 2.21. The van der Waals surface area contributed by atoms with Crippen LogP contribution in [0.4, 0.5) is 0 Å². The molecule has 110 valence electrons. The molecular weight excluding hydrogens is 300 g/mol.